The molecule has 0 aliphatic rings. The molecule has 6 aromatic rings. The molecular formula is C28H25N5O2. The molecule has 0 aliphatic heterocycles. The van der Waals surface area contributed by atoms with Crippen LogP contribution in [0.15, 0.2) is 83.9 Å². The molecule has 7 heteroatoms. The first-order valence-electron chi connectivity index (χ1n) is 11.6. The van der Waals surface area contributed by atoms with Crippen molar-refractivity contribution in [2.75, 3.05) is 6.61 Å². The Bertz CT molecular complexity index is 1610. The fourth-order valence-corrected chi connectivity index (χ4v) is 4.53. The van der Waals surface area contributed by atoms with E-state index in [-0.39, 0.29) is 6.04 Å². The molecule has 4 N–H and O–H groups in total. The molecule has 2 aromatic carbocycles. The lowest BCUT2D eigenvalue weighted by Gasteiger charge is -2.15. The van der Waals surface area contributed by atoms with Gasteiger partial charge in [0.05, 0.1) is 12.5 Å². The first kappa shape index (κ1) is 21.2. The maximum atomic E-state index is 6.46. The molecule has 6 rings (SSSR count). The first-order chi connectivity index (χ1) is 17.2. The van der Waals surface area contributed by atoms with Gasteiger partial charge in [0, 0.05) is 51.5 Å². The normalized spacial score (nSPS) is 12.4. The average Bonchev–Trinajstić information content (AvgIpc) is 3.64. The van der Waals surface area contributed by atoms with Crippen molar-refractivity contribution in [2.45, 2.75) is 19.4 Å². The van der Waals surface area contributed by atoms with Crippen LogP contribution in [0.1, 0.15) is 11.3 Å². The van der Waals surface area contributed by atoms with Gasteiger partial charge in [-0.15, -0.1) is 0 Å². The van der Waals surface area contributed by atoms with Crippen molar-refractivity contribution in [3.63, 3.8) is 0 Å². The highest BCUT2D eigenvalue weighted by Crippen LogP contribution is 2.36. The summed E-state index contributed by atoms with van der Waals surface area (Å²) in [6.45, 7) is 2.40. The molecular weight excluding hydrogens is 438 g/mol. The molecule has 0 unspecified atom stereocenters. The molecule has 4 aromatic heterocycles. The van der Waals surface area contributed by atoms with E-state index < -0.39 is 0 Å². The summed E-state index contributed by atoms with van der Waals surface area (Å²) in [6, 6.07) is 18.2. The number of hydrogen-bond acceptors (Lipinski definition) is 5. The van der Waals surface area contributed by atoms with Gasteiger partial charge in [-0.05, 0) is 66.4 Å². The summed E-state index contributed by atoms with van der Waals surface area (Å²) in [5.74, 6) is 0.755. The number of nitrogens with one attached hydrogen (secondary N) is 2. The number of pyridine rings is 1. The predicted octanol–water partition coefficient (Wildman–Crippen LogP) is 5.62. The van der Waals surface area contributed by atoms with Gasteiger partial charge in [-0.2, -0.15) is 5.10 Å². The maximum absolute atomic E-state index is 6.46. The van der Waals surface area contributed by atoms with Gasteiger partial charge in [0.15, 0.2) is 5.65 Å². The molecule has 0 fully saturated rings. The van der Waals surface area contributed by atoms with Crippen molar-refractivity contribution in [3.05, 3.63) is 90.8 Å². The molecule has 0 radical (unpaired) electrons. The van der Waals surface area contributed by atoms with Gasteiger partial charge in [0.1, 0.15) is 12.4 Å². The number of ether oxygens (including phenoxy) is 1. The van der Waals surface area contributed by atoms with E-state index in [0.717, 1.165) is 51.0 Å². The third kappa shape index (κ3) is 4.06. The van der Waals surface area contributed by atoms with E-state index in [0.29, 0.717) is 12.3 Å². The Kier molecular flexibility index (Phi) is 5.31. The lowest BCUT2D eigenvalue weighted by molar-refractivity contribution is 0.288. The van der Waals surface area contributed by atoms with Crippen LogP contribution in [0.25, 0.3) is 44.2 Å². The number of aromatic nitrogens is 4. The number of nitrogens with zero attached hydrogens (tertiary/aromatic N) is 2. The smallest absolute Gasteiger partial charge is 0.181 e. The third-order valence-corrected chi connectivity index (χ3v) is 6.36. The average molecular weight is 464 g/mol. The van der Waals surface area contributed by atoms with Crippen molar-refractivity contribution in [2.24, 2.45) is 5.73 Å². The van der Waals surface area contributed by atoms with Crippen LogP contribution in [0, 0.1) is 6.92 Å². The van der Waals surface area contributed by atoms with Crippen LogP contribution in [-0.2, 0) is 6.42 Å². The molecule has 0 bridgehead atoms. The zero-order chi connectivity index (χ0) is 23.8. The number of para-hydroxylation sites is 1. The fourth-order valence-electron chi connectivity index (χ4n) is 4.53. The van der Waals surface area contributed by atoms with Crippen LogP contribution in [0.4, 0.5) is 0 Å². The van der Waals surface area contributed by atoms with Gasteiger partial charge >= 0.3 is 0 Å². The second kappa shape index (κ2) is 8.77. The van der Waals surface area contributed by atoms with E-state index in [1.165, 1.54) is 10.9 Å². The number of benzene rings is 2. The monoisotopic (exact) mass is 463 g/mol. The van der Waals surface area contributed by atoms with Crippen molar-refractivity contribution in [1.82, 2.24) is 20.2 Å². The van der Waals surface area contributed by atoms with Crippen LogP contribution in [0.3, 0.4) is 0 Å². The van der Waals surface area contributed by atoms with E-state index >= 15 is 0 Å². The van der Waals surface area contributed by atoms with Gasteiger partial charge in [0.2, 0.25) is 0 Å². The Morgan fingerprint density at radius 3 is 2.83 bits per heavy atom. The molecule has 174 valence electrons. The number of aryl methyl sites for hydroxylation is 1. The van der Waals surface area contributed by atoms with E-state index in [1.807, 2.05) is 55.7 Å². The Morgan fingerprint density at radius 1 is 1.03 bits per heavy atom. The third-order valence-electron chi connectivity index (χ3n) is 6.36. The highest BCUT2D eigenvalue weighted by molar-refractivity contribution is 5.89. The van der Waals surface area contributed by atoms with Crippen molar-refractivity contribution < 1.29 is 9.15 Å². The SMILES string of the molecule is Cc1[nH]nc2ncc(-c3cc(OC[C@@H](N)Cc4c[nH]c5ccccc45)ccc3-c3ccoc3)cc12. The van der Waals surface area contributed by atoms with Crippen LogP contribution < -0.4 is 10.5 Å². The largest absolute Gasteiger partial charge is 0.492 e. The van der Waals surface area contributed by atoms with Crippen molar-refractivity contribution >= 4 is 21.9 Å². The Hall–Kier alpha value is -4.36. The quantitative estimate of drug-likeness (QED) is 0.285. The van der Waals surface area contributed by atoms with Gasteiger partial charge < -0.3 is 19.9 Å². The summed E-state index contributed by atoms with van der Waals surface area (Å²) in [7, 11) is 0. The highest BCUT2D eigenvalue weighted by atomic mass is 16.5. The number of aromatic amines is 2. The zero-order valence-electron chi connectivity index (χ0n) is 19.3. The minimum absolute atomic E-state index is 0.141. The van der Waals surface area contributed by atoms with Crippen LogP contribution in [0.2, 0.25) is 0 Å². The second-order valence-electron chi connectivity index (χ2n) is 8.80. The number of hydrogen-bond donors (Lipinski definition) is 3. The molecule has 35 heavy (non-hydrogen) atoms. The van der Waals surface area contributed by atoms with E-state index in [1.54, 1.807) is 12.5 Å². The Morgan fingerprint density at radius 2 is 1.94 bits per heavy atom. The highest BCUT2D eigenvalue weighted by Gasteiger charge is 2.15. The van der Waals surface area contributed by atoms with Gasteiger partial charge in [-0.1, -0.05) is 18.2 Å². The summed E-state index contributed by atoms with van der Waals surface area (Å²) in [5, 5.41) is 9.45. The van der Waals surface area contributed by atoms with Crippen molar-refractivity contribution in [1.29, 1.82) is 0 Å². The first-order valence-corrected chi connectivity index (χ1v) is 11.6. The Balaban J connectivity index is 1.27. The minimum atomic E-state index is -0.141. The summed E-state index contributed by atoms with van der Waals surface area (Å²) in [6.07, 6.45) is 8.02. The van der Waals surface area contributed by atoms with Crippen molar-refractivity contribution in [3.8, 4) is 28.0 Å². The Labute approximate surface area is 201 Å². The molecule has 0 aliphatic carbocycles. The number of rotatable bonds is 7. The summed E-state index contributed by atoms with van der Waals surface area (Å²) in [5.41, 5.74) is 14.5. The summed E-state index contributed by atoms with van der Waals surface area (Å²) >= 11 is 0. The van der Waals surface area contributed by atoms with Gasteiger partial charge in [-0.25, -0.2) is 4.98 Å². The van der Waals surface area contributed by atoms with Crippen LogP contribution >= 0.6 is 0 Å². The van der Waals surface area contributed by atoms with Gasteiger partial charge in [-0.3, -0.25) is 5.10 Å². The summed E-state index contributed by atoms with van der Waals surface area (Å²) < 4.78 is 11.5. The number of furan rings is 1. The van der Waals surface area contributed by atoms with Crippen LogP contribution in [0.5, 0.6) is 5.75 Å². The molecule has 1 atom stereocenters. The number of fused-ring (bicyclic) bond motifs is 2. The summed E-state index contributed by atoms with van der Waals surface area (Å²) in [4.78, 5) is 7.85. The molecule has 7 nitrogen and oxygen atoms in total. The topological polar surface area (TPSA) is 106 Å². The standard InChI is InChI=1S/C28H25N5O2/c1-17-25-11-20(14-31-28(25)33-32-17)26-12-22(6-7-23(26)18-8-9-34-15-18)35-16-21(29)10-19-13-30-27-5-3-2-4-24(19)27/h2-9,11-15,21,30H,10,16,29H2,1H3,(H,31,32,33)/t21-/m0/s1. The molecule has 4 heterocycles. The zero-order valence-corrected chi connectivity index (χ0v) is 19.3. The maximum Gasteiger partial charge on any atom is 0.181 e. The number of nitrogens with two attached hydrogens (primary N) is 1. The van der Waals surface area contributed by atoms with Gasteiger partial charge in [0.25, 0.3) is 0 Å². The number of H-pyrrole nitrogens is 2. The minimum Gasteiger partial charge on any atom is -0.492 e. The predicted molar refractivity (Wildman–Crippen MR) is 137 cm³/mol. The second-order valence-corrected chi connectivity index (χ2v) is 8.80. The van der Waals surface area contributed by atoms with Crippen LogP contribution in [-0.4, -0.2) is 32.8 Å². The molecule has 0 spiro atoms. The molecule has 0 saturated carbocycles. The van der Waals surface area contributed by atoms with E-state index in [9.17, 15) is 0 Å². The lowest BCUT2D eigenvalue weighted by Crippen LogP contribution is -2.30. The van der Waals surface area contributed by atoms with E-state index in [4.69, 9.17) is 14.9 Å². The molecule has 0 amide bonds. The fraction of sp³-hybridized carbons (Fsp3) is 0.143. The van der Waals surface area contributed by atoms with E-state index in [2.05, 4.69) is 38.4 Å². The molecule has 0 saturated heterocycles. The lowest BCUT2D eigenvalue weighted by atomic mass is 9.96.